The van der Waals surface area contributed by atoms with Crippen LogP contribution >= 0.6 is 0 Å². The fourth-order valence-corrected chi connectivity index (χ4v) is 1.77. The third-order valence-electron chi connectivity index (χ3n) is 3.12. The van der Waals surface area contributed by atoms with Crippen LogP contribution < -0.4 is 20.5 Å². The van der Waals surface area contributed by atoms with Gasteiger partial charge in [-0.2, -0.15) is 4.98 Å². The number of nitrogen functional groups attached to an aromatic ring is 1. The van der Waals surface area contributed by atoms with E-state index >= 15 is 0 Å². The second-order valence-corrected chi connectivity index (χ2v) is 4.78. The summed E-state index contributed by atoms with van der Waals surface area (Å²) in [6.07, 6.45) is 1.14. The summed E-state index contributed by atoms with van der Waals surface area (Å²) in [6.45, 7) is 4.13. The third kappa shape index (κ3) is 4.02. The van der Waals surface area contributed by atoms with Crippen LogP contribution in [-0.2, 0) is 0 Å². The lowest BCUT2D eigenvalue weighted by Gasteiger charge is -2.14. The van der Waals surface area contributed by atoms with Crippen molar-refractivity contribution in [1.29, 1.82) is 0 Å². The van der Waals surface area contributed by atoms with E-state index in [2.05, 4.69) is 17.2 Å². The van der Waals surface area contributed by atoms with Crippen LogP contribution in [0, 0.1) is 0 Å². The standard InChI is InChI=1S/C16H21N3O2/c1-4-11(2)21-13-7-5-6-12(10-13)18-16-14(17)8-9-15(19-16)20-3/h5-11H,4,17H2,1-3H3,(H,18,19). The van der Waals surface area contributed by atoms with Crippen LogP contribution in [0.2, 0.25) is 0 Å². The van der Waals surface area contributed by atoms with E-state index in [1.165, 1.54) is 0 Å². The smallest absolute Gasteiger partial charge is 0.215 e. The number of rotatable bonds is 6. The first-order valence-corrected chi connectivity index (χ1v) is 6.96. The fourth-order valence-electron chi connectivity index (χ4n) is 1.77. The molecule has 0 amide bonds. The Balaban J connectivity index is 2.18. The maximum absolute atomic E-state index is 5.92. The zero-order valence-electron chi connectivity index (χ0n) is 12.6. The Morgan fingerprint density at radius 2 is 2.10 bits per heavy atom. The topological polar surface area (TPSA) is 69.4 Å². The number of pyridine rings is 1. The summed E-state index contributed by atoms with van der Waals surface area (Å²) in [5, 5.41) is 3.18. The highest BCUT2D eigenvalue weighted by molar-refractivity contribution is 5.69. The summed E-state index contributed by atoms with van der Waals surface area (Å²) in [7, 11) is 1.57. The number of aromatic nitrogens is 1. The molecule has 0 aliphatic heterocycles. The molecule has 0 saturated heterocycles. The van der Waals surface area contributed by atoms with Crippen molar-refractivity contribution in [2.24, 2.45) is 0 Å². The van der Waals surface area contributed by atoms with Crippen molar-refractivity contribution in [2.45, 2.75) is 26.4 Å². The first-order valence-electron chi connectivity index (χ1n) is 6.96. The van der Waals surface area contributed by atoms with Crippen molar-refractivity contribution in [1.82, 2.24) is 4.98 Å². The monoisotopic (exact) mass is 287 g/mol. The van der Waals surface area contributed by atoms with E-state index in [0.717, 1.165) is 17.9 Å². The van der Waals surface area contributed by atoms with Crippen LogP contribution in [0.5, 0.6) is 11.6 Å². The number of benzene rings is 1. The van der Waals surface area contributed by atoms with Gasteiger partial charge < -0.3 is 20.5 Å². The van der Waals surface area contributed by atoms with E-state index in [0.29, 0.717) is 17.4 Å². The third-order valence-corrected chi connectivity index (χ3v) is 3.12. The van der Waals surface area contributed by atoms with Crippen LogP contribution in [0.25, 0.3) is 0 Å². The molecule has 112 valence electrons. The summed E-state index contributed by atoms with van der Waals surface area (Å²) in [5.74, 6) is 1.89. The van der Waals surface area contributed by atoms with Crippen LogP contribution in [0.1, 0.15) is 20.3 Å². The van der Waals surface area contributed by atoms with Crippen molar-refractivity contribution < 1.29 is 9.47 Å². The molecule has 1 heterocycles. The molecule has 1 aromatic heterocycles. The molecule has 0 radical (unpaired) electrons. The molecule has 2 aromatic rings. The zero-order valence-corrected chi connectivity index (χ0v) is 12.6. The van der Waals surface area contributed by atoms with Crippen LogP contribution in [0.3, 0.4) is 0 Å². The molecule has 0 fully saturated rings. The minimum Gasteiger partial charge on any atom is -0.491 e. The minimum atomic E-state index is 0.181. The number of hydrogen-bond donors (Lipinski definition) is 2. The van der Waals surface area contributed by atoms with Crippen molar-refractivity contribution >= 4 is 17.2 Å². The van der Waals surface area contributed by atoms with E-state index in [1.807, 2.05) is 31.2 Å². The first-order chi connectivity index (χ1) is 10.1. The number of nitrogens with two attached hydrogens (primary N) is 1. The Hall–Kier alpha value is -2.43. The normalized spacial score (nSPS) is 11.8. The van der Waals surface area contributed by atoms with Crippen LogP contribution in [-0.4, -0.2) is 18.2 Å². The van der Waals surface area contributed by atoms with Crippen molar-refractivity contribution in [3.05, 3.63) is 36.4 Å². The predicted octanol–water partition coefficient (Wildman–Crippen LogP) is 3.59. The molecule has 0 bridgehead atoms. The summed E-state index contributed by atoms with van der Waals surface area (Å²) >= 11 is 0. The van der Waals surface area contributed by atoms with Gasteiger partial charge in [-0.3, -0.25) is 0 Å². The van der Waals surface area contributed by atoms with Gasteiger partial charge in [-0.15, -0.1) is 0 Å². The van der Waals surface area contributed by atoms with E-state index in [1.54, 1.807) is 19.2 Å². The molecule has 5 nitrogen and oxygen atoms in total. The molecular formula is C16H21N3O2. The summed E-state index contributed by atoms with van der Waals surface area (Å²) in [5.41, 5.74) is 7.34. The lowest BCUT2D eigenvalue weighted by molar-refractivity contribution is 0.217. The van der Waals surface area contributed by atoms with E-state index in [9.17, 15) is 0 Å². The first kappa shape index (κ1) is 15.0. The molecule has 2 rings (SSSR count). The van der Waals surface area contributed by atoms with Gasteiger partial charge in [-0.1, -0.05) is 13.0 Å². The molecule has 5 heteroatoms. The molecule has 0 aliphatic rings. The van der Waals surface area contributed by atoms with Gasteiger partial charge in [0.05, 0.1) is 18.9 Å². The Morgan fingerprint density at radius 1 is 1.29 bits per heavy atom. The molecule has 0 aliphatic carbocycles. The lowest BCUT2D eigenvalue weighted by atomic mass is 10.2. The van der Waals surface area contributed by atoms with Crippen molar-refractivity contribution in [3.63, 3.8) is 0 Å². The van der Waals surface area contributed by atoms with E-state index < -0.39 is 0 Å². The highest BCUT2D eigenvalue weighted by Gasteiger charge is 2.06. The van der Waals surface area contributed by atoms with E-state index in [4.69, 9.17) is 15.2 Å². The van der Waals surface area contributed by atoms with Crippen LogP contribution in [0.4, 0.5) is 17.2 Å². The zero-order chi connectivity index (χ0) is 15.2. The largest absolute Gasteiger partial charge is 0.491 e. The second kappa shape index (κ2) is 6.83. The maximum atomic E-state index is 5.92. The van der Waals surface area contributed by atoms with Crippen molar-refractivity contribution in [3.8, 4) is 11.6 Å². The number of ether oxygens (including phenoxy) is 2. The molecule has 1 unspecified atom stereocenters. The van der Waals surface area contributed by atoms with Crippen LogP contribution in [0.15, 0.2) is 36.4 Å². The SMILES string of the molecule is CCC(C)Oc1cccc(Nc2nc(OC)ccc2N)c1. The summed E-state index contributed by atoms with van der Waals surface area (Å²) in [4.78, 5) is 4.29. The van der Waals surface area contributed by atoms with Gasteiger partial charge in [0.2, 0.25) is 5.88 Å². The fraction of sp³-hybridized carbons (Fsp3) is 0.312. The number of nitrogens with one attached hydrogen (secondary N) is 1. The van der Waals surface area contributed by atoms with Gasteiger partial charge in [0, 0.05) is 17.8 Å². The summed E-state index contributed by atoms with van der Waals surface area (Å²) in [6, 6.07) is 11.2. The minimum absolute atomic E-state index is 0.181. The van der Waals surface area contributed by atoms with Gasteiger partial charge in [0.15, 0.2) is 5.82 Å². The number of methoxy groups -OCH3 is 1. The lowest BCUT2D eigenvalue weighted by Crippen LogP contribution is -2.09. The quantitative estimate of drug-likeness (QED) is 0.849. The molecule has 0 saturated carbocycles. The molecule has 0 spiro atoms. The van der Waals surface area contributed by atoms with Gasteiger partial charge >= 0.3 is 0 Å². The molecule has 1 atom stereocenters. The van der Waals surface area contributed by atoms with Gasteiger partial charge in [-0.05, 0) is 31.5 Å². The maximum Gasteiger partial charge on any atom is 0.215 e. The average molecular weight is 287 g/mol. The Kier molecular flexibility index (Phi) is 4.87. The Morgan fingerprint density at radius 3 is 2.81 bits per heavy atom. The summed E-state index contributed by atoms with van der Waals surface area (Å²) < 4.78 is 10.9. The molecule has 1 aromatic carbocycles. The second-order valence-electron chi connectivity index (χ2n) is 4.78. The highest BCUT2D eigenvalue weighted by Crippen LogP contribution is 2.26. The number of hydrogen-bond acceptors (Lipinski definition) is 5. The van der Waals surface area contributed by atoms with Crippen molar-refractivity contribution in [2.75, 3.05) is 18.2 Å². The predicted molar refractivity (Wildman–Crippen MR) is 85.3 cm³/mol. The highest BCUT2D eigenvalue weighted by atomic mass is 16.5. The number of anilines is 3. The van der Waals surface area contributed by atoms with Gasteiger partial charge in [-0.25, -0.2) is 0 Å². The Bertz CT molecular complexity index is 602. The Labute approximate surface area is 125 Å². The van der Waals surface area contributed by atoms with Gasteiger partial charge in [0.25, 0.3) is 0 Å². The molecule has 21 heavy (non-hydrogen) atoms. The average Bonchev–Trinajstić information content (AvgIpc) is 2.49. The number of nitrogens with zero attached hydrogens (tertiary/aromatic N) is 1. The van der Waals surface area contributed by atoms with Gasteiger partial charge in [0.1, 0.15) is 5.75 Å². The van der Waals surface area contributed by atoms with E-state index in [-0.39, 0.29) is 6.10 Å². The molecule has 3 N–H and O–H groups in total. The molecular weight excluding hydrogens is 266 g/mol.